The number of rotatable bonds is 0. The number of nitrogens with zero attached hydrogens (tertiary/aromatic N) is 1. The summed E-state index contributed by atoms with van der Waals surface area (Å²) in [5.74, 6) is 0.310. The van der Waals surface area contributed by atoms with Gasteiger partial charge < -0.3 is 10.2 Å². The Morgan fingerprint density at radius 3 is 2.07 bits per heavy atom. The number of piperidine rings is 1. The van der Waals surface area contributed by atoms with Gasteiger partial charge in [0.05, 0.1) is 0 Å². The second kappa shape index (κ2) is 3.48. The zero-order valence-corrected chi connectivity index (χ0v) is 10.1. The molecule has 0 aromatic rings. The fraction of sp³-hybridized carbons (Fsp3) is 0.917. The molecule has 0 bridgehead atoms. The van der Waals surface area contributed by atoms with Crippen LogP contribution in [0.5, 0.6) is 0 Å². The SMILES string of the molecule is CC(C)(C)C(=O)N1CCC2(CC1)CNC2. The molecule has 86 valence electrons. The van der Waals surface area contributed by atoms with Gasteiger partial charge in [-0.25, -0.2) is 0 Å². The predicted octanol–water partition coefficient (Wildman–Crippen LogP) is 1.24. The maximum Gasteiger partial charge on any atom is 0.227 e. The first-order valence-electron chi connectivity index (χ1n) is 5.93. The lowest BCUT2D eigenvalue weighted by Crippen LogP contribution is -2.59. The van der Waals surface area contributed by atoms with Crippen LogP contribution in [0.1, 0.15) is 33.6 Å². The Balaban J connectivity index is 1.90. The fourth-order valence-corrected chi connectivity index (χ4v) is 2.49. The molecule has 2 saturated heterocycles. The average Bonchev–Trinajstić information content (AvgIpc) is 2.13. The molecule has 2 aliphatic heterocycles. The minimum Gasteiger partial charge on any atom is -0.342 e. The molecule has 2 aliphatic rings. The summed E-state index contributed by atoms with van der Waals surface area (Å²) >= 11 is 0. The summed E-state index contributed by atoms with van der Waals surface area (Å²) in [7, 11) is 0. The van der Waals surface area contributed by atoms with E-state index in [1.54, 1.807) is 0 Å². The Bertz CT molecular complexity index is 253. The summed E-state index contributed by atoms with van der Waals surface area (Å²) in [5, 5.41) is 3.34. The fourth-order valence-electron chi connectivity index (χ4n) is 2.49. The van der Waals surface area contributed by atoms with Crippen molar-refractivity contribution in [1.29, 1.82) is 0 Å². The minimum absolute atomic E-state index is 0.220. The highest BCUT2D eigenvalue weighted by Crippen LogP contribution is 2.35. The largest absolute Gasteiger partial charge is 0.342 e. The van der Waals surface area contributed by atoms with Crippen molar-refractivity contribution in [3.8, 4) is 0 Å². The molecular weight excluding hydrogens is 188 g/mol. The van der Waals surface area contributed by atoms with E-state index < -0.39 is 0 Å². The molecule has 0 radical (unpaired) electrons. The van der Waals surface area contributed by atoms with Gasteiger partial charge in [-0.3, -0.25) is 4.79 Å². The van der Waals surface area contributed by atoms with Gasteiger partial charge in [-0.2, -0.15) is 0 Å². The van der Waals surface area contributed by atoms with E-state index in [-0.39, 0.29) is 5.41 Å². The van der Waals surface area contributed by atoms with Crippen LogP contribution >= 0.6 is 0 Å². The molecule has 3 heteroatoms. The van der Waals surface area contributed by atoms with Crippen molar-refractivity contribution in [3.05, 3.63) is 0 Å². The summed E-state index contributed by atoms with van der Waals surface area (Å²) < 4.78 is 0. The molecule has 2 rings (SSSR count). The number of likely N-dealkylation sites (tertiary alicyclic amines) is 1. The Labute approximate surface area is 92.2 Å². The molecule has 0 unspecified atom stereocenters. The summed E-state index contributed by atoms with van der Waals surface area (Å²) in [6.45, 7) is 10.2. The second-order valence-corrected chi connectivity index (χ2v) is 6.15. The van der Waals surface area contributed by atoms with Crippen LogP contribution in [0.2, 0.25) is 0 Å². The molecule has 1 spiro atoms. The third-order valence-electron chi connectivity index (χ3n) is 3.75. The van der Waals surface area contributed by atoms with Crippen LogP contribution in [0, 0.1) is 10.8 Å². The zero-order chi connectivity index (χ0) is 11.1. The molecule has 3 nitrogen and oxygen atoms in total. The Hall–Kier alpha value is -0.570. The number of amides is 1. The van der Waals surface area contributed by atoms with Crippen molar-refractivity contribution in [2.24, 2.45) is 10.8 Å². The monoisotopic (exact) mass is 210 g/mol. The molecule has 0 aromatic carbocycles. The van der Waals surface area contributed by atoms with Gasteiger partial charge in [0.15, 0.2) is 0 Å². The molecule has 2 heterocycles. The Morgan fingerprint density at radius 2 is 1.73 bits per heavy atom. The first kappa shape index (κ1) is 10.9. The van der Waals surface area contributed by atoms with Crippen molar-refractivity contribution >= 4 is 5.91 Å². The van der Waals surface area contributed by atoms with Crippen LogP contribution in [0.3, 0.4) is 0 Å². The highest BCUT2D eigenvalue weighted by atomic mass is 16.2. The minimum atomic E-state index is -0.220. The van der Waals surface area contributed by atoms with Gasteiger partial charge in [-0.1, -0.05) is 20.8 Å². The molecule has 15 heavy (non-hydrogen) atoms. The first-order valence-corrected chi connectivity index (χ1v) is 5.93. The lowest BCUT2D eigenvalue weighted by atomic mass is 9.73. The van der Waals surface area contributed by atoms with E-state index in [1.165, 1.54) is 12.8 Å². The van der Waals surface area contributed by atoms with Gasteiger partial charge in [0, 0.05) is 31.6 Å². The number of nitrogens with one attached hydrogen (secondary N) is 1. The summed E-state index contributed by atoms with van der Waals surface area (Å²) in [6, 6.07) is 0. The molecule has 1 N–H and O–H groups in total. The highest BCUT2D eigenvalue weighted by molar-refractivity contribution is 5.81. The van der Waals surface area contributed by atoms with E-state index >= 15 is 0 Å². The normalized spacial score (nSPS) is 25.1. The molecule has 2 fully saturated rings. The van der Waals surface area contributed by atoms with E-state index in [0.717, 1.165) is 26.2 Å². The quantitative estimate of drug-likeness (QED) is 0.652. The van der Waals surface area contributed by atoms with Crippen LogP contribution in [-0.4, -0.2) is 37.0 Å². The molecule has 0 atom stereocenters. The Kier molecular flexibility index (Phi) is 2.53. The molecule has 1 amide bonds. The predicted molar refractivity (Wildman–Crippen MR) is 60.6 cm³/mol. The first-order chi connectivity index (χ1) is 6.93. The van der Waals surface area contributed by atoms with E-state index in [0.29, 0.717) is 11.3 Å². The van der Waals surface area contributed by atoms with Gasteiger partial charge in [0.2, 0.25) is 5.91 Å². The number of hydrogen-bond acceptors (Lipinski definition) is 2. The summed E-state index contributed by atoms with van der Waals surface area (Å²) in [6.07, 6.45) is 2.36. The molecule has 0 aliphatic carbocycles. The number of hydrogen-bond donors (Lipinski definition) is 1. The molecule has 0 saturated carbocycles. The van der Waals surface area contributed by atoms with Gasteiger partial charge in [-0.15, -0.1) is 0 Å². The maximum absolute atomic E-state index is 12.0. The van der Waals surface area contributed by atoms with E-state index in [9.17, 15) is 4.79 Å². The van der Waals surface area contributed by atoms with Crippen LogP contribution in [0.25, 0.3) is 0 Å². The zero-order valence-electron chi connectivity index (χ0n) is 10.1. The third kappa shape index (κ3) is 2.03. The lowest BCUT2D eigenvalue weighted by Gasteiger charge is -2.49. The van der Waals surface area contributed by atoms with Crippen LogP contribution < -0.4 is 5.32 Å². The van der Waals surface area contributed by atoms with Crippen molar-refractivity contribution in [3.63, 3.8) is 0 Å². The van der Waals surface area contributed by atoms with Crippen LogP contribution in [0.15, 0.2) is 0 Å². The van der Waals surface area contributed by atoms with E-state index in [2.05, 4.69) is 5.32 Å². The van der Waals surface area contributed by atoms with Gasteiger partial charge in [0.1, 0.15) is 0 Å². The molecular formula is C12H22N2O. The standard InChI is InChI=1S/C12H22N2O/c1-11(2,3)10(15)14-6-4-12(5-7-14)8-13-9-12/h13H,4-9H2,1-3H3. The lowest BCUT2D eigenvalue weighted by molar-refractivity contribution is -0.142. The van der Waals surface area contributed by atoms with Gasteiger partial charge in [0.25, 0.3) is 0 Å². The van der Waals surface area contributed by atoms with Crippen LogP contribution in [-0.2, 0) is 4.79 Å². The van der Waals surface area contributed by atoms with Crippen molar-refractivity contribution in [1.82, 2.24) is 10.2 Å². The number of carbonyl (C=O) groups is 1. The topological polar surface area (TPSA) is 32.3 Å². The summed E-state index contributed by atoms with van der Waals surface area (Å²) in [4.78, 5) is 14.1. The average molecular weight is 210 g/mol. The van der Waals surface area contributed by atoms with Crippen molar-refractivity contribution in [2.45, 2.75) is 33.6 Å². The van der Waals surface area contributed by atoms with Crippen molar-refractivity contribution in [2.75, 3.05) is 26.2 Å². The van der Waals surface area contributed by atoms with Gasteiger partial charge >= 0.3 is 0 Å². The third-order valence-corrected chi connectivity index (χ3v) is 3.75. The summed E-state index contributed by atoms with van der Waals surface area (Å²) in [5.41, 5.74) is 0.316. The maximum atomic E-state index is 12.0. The second-order valence-electron chi connectivity index (χ2n) is 6.15. The smallest absolute Gasteiger partial charge is 0.227 e. The molecule has 0 aromatic heterocycles. The van der Waals surface area contributed by atoms with Crippen molar-refractivity contribution < 1.29 is 4.79 Å². The number of carbonyl (C=O) groups excluding carboxylic acids is 1. The van der Waals surface area contributed by atoms with E-state index in [4.69, 9.17) is 0 Å². The highest BCUT2D eigenvalue weighted by Gasteiger charge is 2.41. The van der Waals surface area contributed by atoms with Gasteiger partial charge in [-0.05, 0) is 18.3 Å². The van der Waals surface area contributed by atoms with E-state index in [1.807, 2.05) is 25.7 Å². The van der Waals surface area contributed by atoms with Crippen LogP contribution in [0.4, 0.5) is 0 Å². The Morgan fingerprint density at radius 1 is 1.20 bits per heavy atom.